The fraction of sp³-hybridized carbons (Fsp3) is 0.500. The second kappa shape index (κ2) is 5.20. The Hall–Kier alpha value is -1.53. The van der Waals surface area contributed by atoms with Crippen LogP contribution < -0.4 is 4.74 Å². The van der Waals surface area contributed by atoms with Crippen LogP contribution in [-0.4, -0.2) is 11.2 Å². The Balaban J connectivity index is 2.85. The molecule has 1 atom stereocenters. The Morgan fingerprint density at radius 1 is 1.24 bits per heavy atom. The highest BCUT2D eigenvalue weighted by molar-refractivity contribution is 5.30. The maximum absolute atomic E-state index is 10.1. The van der Waals surface area contributed by atoms with E-state index in [0.717, 1.165) is 11.3 Å². The Morgan fingerprint density at radius 3 is 2.18 bits per heavy atom. The topological polar surface area (TPSA) is 53.2 Å². The smallest absolute Gasteiger partial charge is 0.119 e. The summed E-state index contributed by atoms with van der Waals surface area (Å²) in [7, 11) is 0. The Labute approximate surface area is 103 Å². The molecule has 0 fully saturated rings. The molecule has 92 valence electrons. The molecule has 0 aliphatic rings. The number of aliphatic hydroxyl groups excluding tert-OH is 1. The Morgan fingerprint density at radius 2 is 1.76 bits per heavy atom. The van der Waals surface area contributed by atoms with E-state index in [4.69, 9.17) is 10.00 Å². The van der Waals surface area contributed by atoms with Crippen LogP contribution in [0.5, 0.6) is 5.75 Å². The average molecular weight is 233 g/mol. The van der Waals surface area contributed by atoms with Crippen molar-refractivity contribution in [2.75, 3.05) is 0 Å². The minimum Gasteiger partial charge on any atom is -0.491 e. The molecule has 0 bridgehead atoms. The molecule has 0 aromatic heterocycles. The molecule has 3 heteroatoms. The van der Waals surface area contributed by atoms with E-state index in [2.05, 4.69) is 6.07 Å². The van der Waals surface area contributed by atoms with E-state index >= 15 is 0 Å². The number of nitrogens with zero attached hydrogens (tertiary/aromatic N) is 1. The molecule has 0 heterocycles. The van der Waals surface area contributed by atoms with Gasteiger partial charge in [-0.05, 0) is 45.4 Å². The van der Waals surface area contributed by atoms with Gasteiger partial charge in [0.25, 0.3) is 0 Å². The Bertz CT molecular complexity index is 401. The van der Waals surface area contributed by atoms with Crippen molar-refractivity contribution >= 4 is 0 Å². The summed E-state index contributed by atoms with van der Waals surface area (Å²) in [6.45, 7) is 7.36. The molecule has 1 aromatic rings. The van der Waals surface area contributed by atoms with E-state index in [1.54, 1.807) is 26.0 Å². The largest absolute Gasteiger partial charge is 0.491 e. The summed E-state index contributed by atoms with van der Waals surface area (Å²) in [5.74, 6) is 0.769. The van der Waals surface area contributed by atoms with Crippen LogP contribution >= 0.6 is 0 Å². The predicted molar refractivity (Wildman–Crippen MR) is 66.6 cm³/mol. The van der Waals surface area contributed by atoms with Crippen LogP contribution in [0.2, 0.25) is 0 Å². The number of ether oxygens (including phenoxy) is 1. The lowest BCUT2D eigenvalue weighted by Crippen LogP contribution is -2.19. The van der Waals surface area contributed by atoms with Gasteiger partial charge in [-0.3, -0.25) is 0 Å². The summed E-state index contributed by atoms with van der Waals surface area (Å²) in [6, 6.07) is 9.31. The first-order valence-electron chi connectivity index (χ1n) is 5.73. The minimum atomic E-state index is -0.791. The first-order valence-corrected chi connectivity index (χ1v) is 5.73. The molecule has 0 saturated heterocycles. The quantitative estimate of drug-likeness (QED) is 0.869. The molecule has 1 aromatic carbocycles. The second-order valence-corrected chi connectivity index (χ2v) is 4.97. The van der Waals surface area contributed by atoms with Gasteiger partial charge in [-0.15, -0.1) is 0 Å². The SMILES string of the molecule is CC(C)Oc1ccc(C(O)C(C)(C)C#N)cc1. The zero-order valence-corrected chi connectivity index (χ0v) is 10.8. The fourth-order valence-electron chi connectivity index (χ4n) is 1.48. The van der Waals surface area contributed by atoms with E-state index in [-0.39, 0.29) is 6.10 Å². The van der Waals surface area contributed by atoms with Gasteiger partial charge in [0.2, 0.25) is 0 Å². The van der Waals surface area contributed by atoms with Crippen LogP contribution in [-0.2, 0) is 0 Å². The van der Waals surface area contributed by atoms with E-state index < -0.39 is 11.5 Å². The number of hydrogen-bond acceptors (Lipinski definition) is 3. The number of benzene rings is 1. The first-order chi connectivity index (χ1) is 7.86. The standard InChI is InChI=1S/C14H19NO2/c1-10(2)17-12-7-5-11(6-8-12)13(16)14(3,4)9-15/h5-8,10,13,16H,1-4H3. The minimum absolute atomic E-state index is 0.126. The Kier molecular flexibility index (Phi) is 4.14. The van der Waals surface area contributed by atoms with E-state index in [1.165, 1.54) is 0 Å². The van der Waals surface area contributed by atoms with Crippen molar-refractivity contribution in [3.63, 3.8) is 0 Å². The molecule has 1 rings (SSSR count). The van der Waals surface area contributed by atoms with Crippen LogP contribution in [0.15, 0.2) is 24.3 Å². The van der Waals surface area contributed by atoms with Crippen molar-refractivity contribution in [3.05, 3.63) is 29.8 Å². The van der Waals surface area contributed by atoms with E-state index in [1.807, 2.05) is 26.0 Å². The third-order valence-electron chi connectivity index (χ3n) is 2.54. The van der Waals surface area contributed by atoms with Crippen LogP contribution in [0.25, 0.3) is 0 Å². The first kappa shape index (κ1) is 13.5. The van der Waals surface area contributed by atoms with Gasteiger partial charge in [-0.1, -0.05) is 12.1 Å². The van der Waals surface area contributed by atoms with Gasteiger partial charge in [0.1, 0.15) is 5.75 Å². The number of hydrogen-bond donors (Lipinski definition) is 1. The highest BCUT2D eigenvalue weighted by atomic mass is 16.5. The lowest BCUT2D eigenvalue weighted by Gasteiger charge is -2.23. The van der Waals surface area contributed by atoms with Gasteiger partial charge in [-0.25, -0.2) is 0 Å². The average Bonchev–Trinajstić information content (AvgIpc) is 2.28. The summed E-state index contributed by atoms with van der Waals surface area (Å²) in [5, 5.41) is 19.0. The molecule has 0 spiro atoms. The zero-order chi connectivity index (χ0) is 13.1. The van der Waals surface area contributed by atoms with Crippen molar-refractivity contribution in [1.29, 1.82) is 5.26 Å². The van der Waals surface area contributed by atoms with Crippen molar-refractivity contribution in [1.82, 2.24) is 0 Å². The van der Waals surface area contributed by atoms with E-state index in [9.17, 15) is 5.11 Å². The van der Waals surface area contributed by atoms with Crippen LogP contribution in [0, 0.1) is 16.7 Å². The van der Waals surface area contributed by atoms with Gasteiger partial charge in [0.05, 0.1) is 23.7 Å². The molecule has 0 amide bonds. The lowest BCUT2D eigenvalue weighted by atomic mass is 9.84. The fourth-order valence-corrected chi connectivity index (χ4v) is 1.48. The molecule has 0 aliphatic heterocycles. The normalized spacial score (nSPS) is 13.2. The van der Waals surface area contributed by atoms with Gasteiger partial charge in [-0.2, -0.15) is 5.26 Å². The summed E-state index contributed by atoms with van der Waals surface area (Å²) >= 11 is 0. The highest BCUT2D eigenvalue weighted by Crippen LogP contribution is 2.33. The van der Waals surface area contributed by atoms with Gasteiger partial charge in [0.15, 0.2) is 0 Å². The van der Waals surface area contributed by atoms with Gasteiger partial charge < -0.3 is 9.84 Å². The van der Waals surface area contributed by atoms with Crippen molar-refractivity contribution in [2.45, 2.75) is 39.9 Å². The molecule has 0 aliphatic carbocycles. The molecular formula is C14H19NO2. The number of aliphatic hydroxyl groups is 1. The summed E-state index contributed by atoms with van der Waals surface area (Å²) in [6.07, 6.45) is -0.665. The van der Waals surface area contributed by atoms with Crippen LogP contribution in [0.4, 0.5) is 0 Å². The lowest BCUT2D eigenvalue weighted by molar-refractivity contribution is 0.0867. The third kappa shape index (κ3) is 3.47. The zero-order valence-electron chi connectivity index (χ0n) is 10.8. The monoisotopic (exact) mass is 233 g/mol. The van der Waals surface area contributed by atoms with Crippen LogP contribution in [0.1, 0.15) is 39.4 Å². The molecule has 0 saturated carbocycles. The molecule has 1 N–H and O–H groups in total. The number of rotatable bonds is 4. The van der Waals surface area contributed by atoms with Gasteiger partial charge in [0, 0.05) is 0 Å². The molecule has 0 radical (unpaired) electrons. The maximum Gasteiger partial charge on any atom is 0.119 e. The predicted octanol–water partition coefficient (Wildman–Crippen LogP) is 3.06. The van der Waals surface area contributed by atoms with Gasteiger partial charge >= 0.3 is 0 Å². The molecular weight excluding hydrogens is 214 g/mol. The van der Waals surface area contributed by atoms with Crippen LogP contribution in [0.3, 0.4) is 0 Å². The molecule has 3 nitrogen and oxygen atoms in total. The van der Waals surface area contributed by atoms with E-state index in [0.29, 0.717) is 0 Å². The molecule has 17 heavy (non-hydrogen) atoms. The van der Waals surface area contributed by atoms with Crippen molar-refractivity contribution in [3.8, 4) is 11.8 Å². The summed E-state index contributed by atoms with van der Waals surface area (Å²) < 4.78 is 5.51. The maximum atomic E-state index is 10.1. The second-order valence-electron chi connectivity index (χ2n) is 4.97. The summed E-state index contributed by atoms with van der Waals surface area (Å²) in [4.78, 5) is 0. The van der Waals surface area contributed by atoms with Crippen molar-refractivity contribution in [2.24, 2.45) is 5.41 Å². The highest BCUT2D eigenvalue weighted by Gasteiger charge is 2.28. The third-order valence-corrected chi connectivity index (χ3v) is 2.54. The number of nitriles is 1. The summed E-state index contributed by atoms with van der Waals surface area (Å²) in [5.41, 5.74) is -0.0619. The van der Waals surface area contributed by atoms with Crippen molar-refractivity contribution < 1.29 is 9.84 Å². The molecule has 1 unspecified atom stereocenters.